The standard InChI is InChI=1S/C18H24N4O3/c1-12-5-6-16(25-4)15(9-12)20-18(24)11-19-17(23)7-8-22-14(3)10-13(2)21-22/h5-6,9-10H,7-8,11H2,1-4H3,(H,19,23)(H,20,24). The van der Waals surface area contributed by atoms with Crippen molar-refractivity contribution in [2.75, 3.05) is 19.0 Å². The highest BCUT2D eigenvalue weighted by molar-refractivity contribution is 5.95. The van der Waals surface area contributed by atoms with Crippen LogP contribution in [-0.2, 0) is 16.1 Å². The fourth-order valence-electron chi connectivity index (χ4n) is 2.49. The quantitative estimate of drug-likeness (QED) is 0.804. The summed E-state index contributed by atoms with van der Waals surface area (Å²) in [7, 11) is 1.54. The molecule has 1 heterocycles. The third kappa shape index (κ3) is 5.34. The fourth-order valence-corrected chi connectivity index (χ4v) is 2.49. The molecule has 2 amide bonds. The lowest BCUT2D eigenvalue weighted by Crippen LogP contribution is -2.33. The minimum Gasteiger partial charge on any atom is -0.495 e. The molecule has 0 bridgehead atoms. The van der Waals surface area contributed by atoms with Crippen molar-refractivity contribution in [3.63, 3.8) is 0 Å². The maximum absolute atomic E-state index is 12.0. The van der Waals surface area contributed by atoms with E-state index in [1.807, 2.05) is 39.0 Å². The van der Waals surface area contributed by atoms with E-state index in [2.05, 4.69) is 15.7 Å². The molecule has 0 aliphatic rings. The molecule has 2 rings (SSSR count). The van der Waals surface area contributed by atoms with E-state index in [1.165, 1.54) is 0 Å². The molecule has 0 aliphatic heterocycles. The van der Waals surface area contributed by atoms with Gasteiger partial charge in [0, 0.05) is 18.7 Å². The summed E-state index contributed by atoms with van der Waals surface area (Å²) < 4.78 is 7.00. The highest BCUT2D eigenvalue weighted by atomic mass is 16.5. The number of nitrogens with one attached hydrogen (secondary N) is 2. The van der Waals surface area contributed by atoms with Gasteiger partial charge in [-0.25, -0.2) is 0 Å². The Hall–Kier alpha value is -2.83. The van der Waals surface area contributed by atoms with Crippen LogP contribution in [0.3, 0.4) is 0 Å². The van der Waals surface area contributed by atoms with Gasteiger partial charge in [-0.2, -0.15) is 5.10 Å². The van der Waals surface area contributed by atoms with Gasteiger partial charge in [-0.05, 0) is 44.5 Å². The first kappa shape index (κ1) is 18.5. The first-order valence-corrected chi connectivity index (χ1v) is 8.11. The number of methoxy groups -OCH3 is 1. The van der Waals surface area contributed by atoms with E-state index >= 15 is 0 Å². The van der Waals surface area contributed by atoms with Gasteiger partial charge < -0.3 is 15.4 Å². The Kier molecular flexibility index (Phi) is 6.16. The molecule has 134 valence electrons. The summed E-state index contributed by atoms with van der Waals surface area (Å²) in [5.74, 6) is 0.0806. The smallest absolute Gasteiger partial charge is 0.243 e. The summed E-state index contributed by atoms with van der Waals surface area (Å²) in [4.78, 5) is 23.9. The van der Waals surface area contributed by atoms with Crippen molar-refractivity contribution in [1.82, 2.24) is 15.1 Å². The molecule has 0 saturated heterocycles. The second-order valence-electron chi connectivity index (χ2n) is 5.93. The molecule has 0 radical (unpaired) electrons. The van der Waals surface area contributed by atoms with Crippen molar-refractivity contribution in [2.24, 2.45) is 0 Å². The maximum Gasteiger partial charge on any atom is 0.243 e. The van der Waals surface area contributed by atoms with Crippen molar-refractivity contribution in [1.29, 1.82) is 0 Å². The molecule has 1 aromatic heterocycles. The van der Waals surface area contributed by atoms with E-state index in [9.17, 15) is 9.59 Å². The highest BCUT2D eigenvalue weighted by Gasteiger charge is 2.10. The Morgan fingerprint density at radius 3 is 2.56 bits per heavy atom. The van der Waals surface area contributed by atoms with Crippen LogP contribution in [0.25, 0.3) is 0 Å². The minimum atomic E-state index is -0.302. The van der Waals surface area contributed by atoms with Crippen LogP contribution in [0.4, 0.5) is 5.69 Å². The normalized spacial score (nSPS) is 10.4. The number of amides is 2. The number of benzene rings is 1. The summed E-state index contributed by atoms with van der Waals surface area (Å²) in [5.41, 5.74) is 3.52. The lowest BCUT2D eigenvalue weighted by molar-refractivity contribution is -0.124. The van der Waals surface area contributed by atoms with Gasteiger partial charge >= 0.3 is 0 Å². The number of hydrogen-bond acceptors (Lipinski definition) is 4. The van der Waals surface area contributed by atoms with Crippen molar-refractivity contribution in [3.8, 4) is 5.75 Å². The van der Waals surface area contributed by atoms with E-state index in [1.54, 1.807) is 17.9 Å². The van der Waals surface area contributed by atoms with Crippen LogP contribution in [0.15, 0.2) is 24.3 Å². The summed E-state index contributed by atoms with van der Waals surface area (Å²) in [6, 6.07) is 7.47. The monoisotopic (exact) mass is 344 g/mol. The number of carbonyl (C=O) groups excluding carboxylic acids is 2. The Morgan fingerprint density at radius 2 is 1.92 bits per heavy atom. The zero-order valence-electron chi connectivity index (χ0n) is 15.0. The van der Waals surface area contributed by atoms with E-state index < -0.39 is 0 Å². The number of nitrogens with zero attached hydrogens (tertiary/aromatic N) is 2. The predicted octanol–water partition coefficient (Wildman–Crippen LogP) is 1.96. The predicted molar refractivity (Wildman–Crippen MR) is 95.7 cm³/mol. The first-order chi connectivity index (χ1) is 11.9. The second-order valence-corrected chi connectivity index (χ2v) is 5.93. The van der Waals surface area contributed by atoms with Gasteiger partial charge in [0.25, 0.3) is 0 Å². The molecular formula is C18H24N4O3. The van der Waals surface area contributed by atoms with Gasteiger partial charge in [0.1, 0.15) is 5.75 Å². The number of aryl methyl sites for hydroxylation is 4. The van der Waals surface area contributed by atoms with Crippen LogP contribution < -0.4 is 15.4 Å². The molecule has 0 unspecified atom stereocenters. The third-order valence-corrected chi connectivity index (χ3v) is 3.73. The Bertz CT molecular complexity index is 768. The average Bonchev–Trinajstić information content (AvgIpc) is 2.89. The van der Waals surface area contributed by atoms with Gasteiger partial charge in [0.15, 0.2) is 0 Å². The van der Waals surface area contributed by atoms with Crippen molar-refractivity contribution < 1.29 is 14.3 Å². The average molecular weight is 344 g/mol. The highest BCUT2D eigenvalue weighted by Crippen LogP contribution is 2.24. The van der Waals surface area contributed by atoms with Crippen LogP contribution in [0, 0.1) is 20.8 Å². The number of rotatable bonds is 7. The number of carbonyl (C=O) groups is 2. The molecule has 2 N–H and O–H groups in total. The Morgan fingerprint density at radius 1 is 1.16 bits per heavy atom. The van der Waals surface area contributed by atoms with Crippen molar-refractivity contribution in [2.45, 2.75) is 33.7 Å². The molecule has 0 fully saturated rings. The van der Waals surface area contributed by atoms with E-state index in [0.717, 1.165) is 17.0 Å². The molecule has 2 aromatic rings. The topological polar surface area (TPSA) is 85.3 Å². The molecule has 0 aliphatic carbocycles. The number of ether oxygens (including phenoxy) is 1. The van der Waals surface area contributed by atoms with Crippen LogP contribution in [-0.4, -0.2) is 35.2 Å². The van der Waals surface area contributed by atoms with Crippen LogP contribution >= 0.6 is 0 Å². The van der Waals surface area contributed by atoms with Crippen molar-refractivity contribution in [3.05, 3.63) is 41.2 Å². The molecule has 7 nitrogen and oxygen atoms in total. The zero-order valence-corrected chi connectivity index (χ0v) is 15.0. The molecule has 0 spiro atoms. The number of aromatic nitrogens is 2. The second kappa shape index (κ2) is 8.32. The minimum absolute atomic E-state index is 0.0902. The molecule has 0 atom stereocenters. The number of hydrogen-bond donors (Lipinski definition) is 2. The van der Waals surface area contributed by atoms with Crippen LogP contribution in [0.1, 0.15) is 23.4 Å². The van der Waals surface area contributed by atoms with E-state index in [4.69, 9.17) is 4.74 Å². The van der Waals surface area contributed by atoms with E-state index in [0.29, 0.717) is 18.0 Å². The molecule has 0 saturated carbocycles. The van der Waals surface area contributed by atoms with Gasteiger partial charge in [0.2, 0.25) is 11.8 Å². The first-order valence-electron chi connectivity index (χ1n) is 8.11. The Labute approximate surface area is 147 Å². The lowest BCUT2D eigenvalue weighted by Gasteiger charge is -2.11. The molecule has 7 heteroatoms. The van der Waals surface area contributed by atoms with Gasteiger partial charge in [-0.1, -0.05) is 6.07 Å². The van der Waals surface area contributed by atoms with Gasteiger partial charge in [-0.15, -0.1) is 0 Å². The van der Waals surface area contributed by atoms with Crippen LogP contribution in [0.2, 0.25) is 0 Å². The largest absolute Gasteiger partial charge is 0.495 e. The van der Waals surface area contributed by atoms with Crippen LogP contribution in [0.5, 0.6) is 5.75 Å². The lowest BCUT2D eigenvalue weighted by atomic mass is 10.2. The fraction of sp³-hybridized carbons (Fsp3) is 0.389. The van der Waals surface area contributed by atoms with E-state index in [-0.39, 0.29) is 24.8 Å². The maximum atomic E-state index is 12.0. The Balaban J connectivity index is 1.80. The van der Waals surface area contributed by atoms with Crippen molar-refractivity contribution >= 4 is 17.5 Å². The molecule has 1 aromatic carbocycles. The van der Waals surface area contributed by atoms with Gasteiger partial charge in [0.05, 0.1) is 25.0 Å². The summed E-state index contributed by atoms with van der Waals surface area (Å²) >= 11 is 0. The SMILES string of the molecule is COc1ccc(C)cc1NC(=O)CNC(=O)CCn1nc(C)cc1C. The molecular weight excluding hydrogens is 320 g/mol. The number of anilines is 1. The zero-order chi connectivity index (χ0) is 18.4. The molecule has 25 heavy (non-hydrogen) atoms. The summed E-state index contributed by atoms with van der Waals surface area (Å²) in [6.07, 6.45) is 0.267. The van der Waals surface area contributed by atoms with Gasteiger partial charge in [-0.3, -0.25) is 14.3 Å². The summed E-state index contributed by atoms with van der Waals surface area (Å²) in [5, 5.41) is 9.67. The summed E-state index contributed by atoms with van der Waals surface area (Å²) in [6.45, 7) is 6.18. The third-order valence-electron chi connectivity index (χ3n) is 3.73.